The molecule has 13 N–H and O–H groups in total. The summed E-state index contributed by atoms with van der Waals surface area (Å²) in [6.45, 7) is -1.03. The van der Waals surface area contributed by atoms with E-state index in [1.807, 2.05) is 0 Å². The SMILES string of the molecule is COC(C(=O)O)C(O)C(O)C(O)C(O)C(O)C(O)C(O)C(O)C(O)C(O)C(O)CO. The zero-order valence-corrected chi connectivity index (χ0v) is 15.8. The first-order chi connectivity index (χ1) is 13.7. The van der Waals surface area contributed by atoms with Crippen molar-refractivity contribution in [3.63, 3.8) is 0 Å². The van der Waals surface area contributed by atoms with Crippen LogP contribution in [0, 0.1) is 0 Å². The highest BCUT2D eigenvalue weighted by molar-refractivity contribution is 5.73. The van der Waals surface area contributed by atoms with Crippen LogP contribution in [-0.2, 0) is 9.53 Å². The number of aliphatic hydroxyl groups is 12. The summed E-state index contributed by atoms with van der Waals surface area (Å²) < 4.78 is 4.40. The monoisotopic (exact) mass is 450 g/mol. The van der Waals surface area contributed by atoms with Crippen molar-refractivity contribution in [1.82, 2.24) is 0 Å². The maximum absolute atomic E-state index is 10.9. The Kier molecular flexibility index (Phi) is 12.3. The van der Waals surface area contributed by atoms with Crippen molar-refractivity contribution >= 4 is 5.97 Å². The third kappa shape index (κ3) is 6.99. The number of hydrogen-bond acceptors (Lipinski definition) is 14. The molecule has 0 radical (unpaired) electrons. The Morgan fingerprint density at radius 3 is 1.10 bits per heavy atom. The van der Waals surface area contributed by atoms with E-state index in [9.17, 15) is 61.0 Å². The zero-order chi connectivity index (χ0) is 23.9. The van der Waals surface area contributed by atoms with Gasteiger partial charge >= 0.3 is 5.97 Å². The summed E-state index contributed by atoms with van der Waals surface area (Å²) in [5.41, 5.74) is 0. The Hall–Kier alpha value is -1.05. The van der Waals surface area contributed by atoms with Crippen LogP contribution in [-0.4, -0.2) is 159 Å². The van der Waals surface area contributed by atoms with Gasteiger partial charge in [0.05, 0.1) is 6.61 Å². The molecular weight excluding hydrogens is 420 g/mol. The van der Waals surface area contributed by atoms with Crippen LogP contribution in [0.25, 0.3) is 0 Å². The molecule has 0 spiro atoms. The molecular formula is C15H30O15. The molecule has 0 saturated heterocycles. The van der Waals surface area contributed by atoms with Crippen molar-refractivity contribution in [2.45, 2.75) is 73.2 Å². The van der Waals surface area contributed by atoms with Crippen LogP contribution in [0.15, 0.2) is 0 Å². The fraction of sp³-hybridized carbons (Fsp3) is 0.933. The van der Waals surface area contributed by atoms with Gasteiger partial charge in [0.15, 0.2) is 6.10 Å². The molecule has 180 valence electrons. The first kappa shape index (κ1) is 28.9. The molecule has 0 fully saturated rings. The van der Waals surface area contributed by atoms with E-state index >= 15 is 0 Å². The predicted octanol–water partition coefficient (Wildman–Crippen LogP) is -7.95. The second-order valence-electron chi connectivity index (χ2n) is 6.65. The average molecular weight is 450 g/mol. The lowest BCUT2D eigenvalue weighted by molar-refractivity contribution is -0.202. The highest BCUT2D eigenvalue weighted by Gasteiger charge is 2.45. The Labute approximate surface area is 169 Å². The largest absolute Gasteiger partial charge is 0.479 e. The van der Waals surface area contributed by atoms with Gasteiger partial charge in [-0.1, -0.05) is 0 Å². The van der Waals surface area contributed by atoms with Crippen LogP contribution < -0.4 is 0 Å². The van der Waals surface area contributed by atoms with Crippen LogP contribution in [0.5, 0.6) is 0 Å². The highest BCUT2D eigenvalue weighted by Crippen LogP contribution is 2.18. The molecule has 0 rings (SSSR count). The minimum absolute atomic E-state index is 0.862. The Balaban J connectivity index is 5.21. The number of ether oxygens (including phenoxy) is 1. The molecule has 0 aliphatic carbocycles. The van der Waals surface area contributed by atoms with E-state index in [1.54, 1.807) is 0 Å². The number of aliphatic hydroxyl groups excluding tert-OH is 12. The fourth-order valence-electron chi connectivity index (χ4n) is 2.52. The van der Waals surface area contributed by atoms with Gasteiger partial charge in [0.2, 0.25) is 0 Å². The third-order valence-electron chi connectivity index (χ3n) is 4.54. The van der Waals surface area contributed by atoms with Gasteiger partial charge in [-0.2, -0.15) is 0 Å². The molecule has 0 saturated carbocycles. The Morgan fingerprint density at radius 2 is 0.867 bits per heavy atom. The number of carboxylic acid groups (broad SMARTS) is 1. The molecule has 0 aromatic heterocycles. The Morgan fingerprint density at radius 1 is 0.600 bits per heavy atom. The normalized spacial score (nSPS) is 24.4. The van der Waals surface area contributed by atoms with E-state index < -0.39 is 85.8 Å². The van der Waals surface area contributed by atoms with Gasteiger partial charge in [-0.3, -0.25) is 0 Å². The number of methoxy groups -OCH3 is 1. The van der Waals surface area contributed by atoms with Gasteiger partial charge in [0.1, 0.15) is 67.1 Å². The molecule has 30 heavy (non-hydrogen) atoms. The molecule has 0 bridgehead atoms. The summed E-state index contributed by atoms with van der Waals surface area (Å²) in [6.07, 6.45) is -28.2. The standard InChI is InChI=1S/C15H30O15/c1-30-14(15(28)29)13(27)12(26)11(25)10(24)9(23)8(22)7(21)6(20)5(19)4(18)3(17)2-16/h3-14,16-27H,2H2,1H3,(H,28,29). The lowest BCUT2D eigenvalue weighted by atomic mass is 9.89. The highest BCUT2D eigenvalue weighted by atomic mass is 16.5. The maximum Gasteiger partial charge on any atom is 0.335 e. The summed E-state index contributed by atoms with van der Waals surface area (Å²) in [6, 6.07) is 0. The van der Waals surface area contributed by atoms with E-state index in [-0.39, 0.29) is 0 Å². The predicted molar refractivity (Wildman–Crippen MR) is 91.6 cm³/mol. The summed E-state index contributed by atoms with van der Waals surface area (Å²) in [7, 11) is 0.862. The second kappa shape index (κ2) is 12.7. The minimum Gasteiger partial charge on any atom is -0.479 e. The van der Waals surface area contributed by atoms with E-state index in [0.717, 1.165) is 7.11 Å². The van der Waals surface area contributed by atoms with E-state index in [1.165, 1.54) is 0 Å². The van der Waals surface area contributed by atoms with Gasteiger partial charge in [0, 0.05) is 7.11 Å². The van der Waals surface area contributed by atoms with E-state index in [0.29, 0.717) is 0 Å². The minimum atomic E-state index is -2.54. The number of aliphatic carboxylic acids is 1. The van der Waals surface area contributed by atoms with Crippen molar-refractivity contribution in [2.75, 3.05) is 13.7 Å². The number of rotatable bonds is 14. The quantitative estimate of drug-likeness (QED) is 0.117. The molecule has 0 aromatic carbocycles. The average Bonchev–Trinajstić information content (AvgIpc) is 2.73. The van der Waals surface area contributed by atoms with Crippen molar-refractivity contribution in [1.29, 1.82) is 0 Å². The summed E-state index contributed by atoms with van der Waals surface area (Å²) >= 11 is 0. The molecule has 12 atom stereocenters. The smallest absolute Gasteiger partial charge is 0.335 e. The van der Waals surface area contributed by atoms with Crippen LogP contribution in [0.3, 0.4) is 0 Å². The van der Waals surface area contributed by atoms with Gasteiger partial charge < -0.3 is 71.1 Å². The number of hydrogen-bond donors (Lipinski definition) is 13. The zero-order valence-electron chi connectivity index (χ0n) is 15.8. The molecule has 15 heteroatoms. The molecule has 15 nitrogen and oxygen atoms in total. The van der Waals surface area contributed by atoms with E-state index in [2.05, 4.69) is 4.74 Å². The molecule has 0 aliphatic rings. The molecule has 0 heterocycles. The Bertz CT molecular complexity index is 506. The third-order valence-corrected chi connectivity index (χ3v) is 4.54. The van der Waals surface area contributed by atoms with Gasteiger partial charge in [-0.15, -0.1) is 0 Å². The van der Waals surface area contributed by atoms with Crippen molar-refractivity contribution in [3.05, 3.63) is 0 Å². The molecule has 0 aromatic rings. The fourth-order valence-corrected chi connectivity index (χ4v) is 2.52. The van der Waals surface area contributed by atoms with E-state index in [4.69, 9.17) is 10.2 Å². The lowest BCUT2D eigenvalue weighted by Crippen LogP contribution is -2.60. The number of carbonyl (C=O) groups is 1. The first-order valence-electron chi connectivity index (χ1n) is 8.59. The van der Waals surface area contributed by atoms with Crippen LogP contribution in [0.2, 0.25) is 0 Å². The van der Waals surface area contributed by atoms with Crippen LogP contribution >= 0.6 is 0 Å². The maximum atomic E-state index is 10.9. The van der Waals surface area contributed by atoms with Crippen molar-refractivity contribution in [3.8, 4) is 0 Å². The summed E-state index contributed by atoms with van der Waals surface area (Å²) in [4.78, 5) is 10.9. The van der Waals surface area contributed by atoms with Crippen molar-refractivity contribution in [2.24, 2.45) is 0 Å². The van der Waals surface area contributed by atoms with Gasteiger partial charge in [-0.25, -0.2) is 4.79 Å². The molecule has 0 aliphatic heterocycles. The summed E-state index contributed by atoms with van der Waals surface area (Å²) in [5.74, 6) is -1.73. The van der Waals surface area contributed by atoms with Crippen LogP contribution in [0.1, 0.15) is 0 Å². The summed E-state index contributed by atoms with van der Waals surface area (Å²) in [5, 5.41) is 124. The van der Waals surface area contributed by atoms with Crippen LogP contribution in [0.4, 0.5) is 0 Å². The first-order valence-corrected chi connectivity index (χ1v) is 8.59. The molecule has 12 unspecified atom stereocenters. The van der Waals surface area contributed by atoms with Crippen molar-refractivity contribution < 1.29 is 75.9 Å². The topological polar surface area (TPSA) is 289 Å². The second-order valence-corrected chi connectivity index (χ2v) is 6.65. The molecule has 0 amide bonds. The van der Waals surface area contributed by atoms with Gasteiger partial charge in [-0.05, 0) is 0 Å². The number of carboxylic acids is 1. The lowest BCUT2D eigenvalue weighted by Gasteiger charge is -2.35. The van der Waals surface area contributed by atoms with Gasteiger partial charge in [0.25, 0.3) is 0 Å².